The molecular formula is C19H27N5O. The number of nitrogens with one attached hydrogen (secondary N) is 1. The molecule has 25 heavy (non-hydrogen) atoms. The zero-order valence-electron chi connectivity index (χ0n) is 15.3. The minimum Gasteiger partial charge on any atom is -0.385 e. The lowest BCUT2D eigenvalue weighted by Gasteiger charge is -2.17. The Morgan fingerprint density at radius 3 is 2.56 bits per heavy atom. The Bertz CT molecular complexity index is 660. The van der Waals surface area contributed by atoms with Crippen molar-refractivity contribution >= 4 is 11.6 Å². The van der Waals surface area contributed by atoms with Crippen LogP contribution in [-0.4, -0.2) is 66.5 Å². The van der Waals surface area contributed by atoms with Crippen LogP contribution in [-0.2, 0) is 6.42 Å². The minimum atomic E-state index is -0.0639. The van der Waals surface area contributed by atoms with Crippen LogP contribution in [0.5, 0.6) is 0 Å². The van der Waals surface area contributed by atoms with Crippen LogP contribution in [0.3, 0.4) is 0 Å². The van der Waals surface area contributed by atoms with Gasteiger partial charge in [0.1, 0.15) is 5.69 Å². The van der Waals surface area contributed by atoms with Crippen molar-refractivity contribution in [2.75, 3.05) is 46.1 Å². The monoisotopic (exact) mass is 341 g/mol. The summed E-state index contributed by atoms with van der Waals surface area (Å²) >= 11 is 0. The number of hydrogen-bond donors (Lipinski definition) is 1. The van der Waals surface area contributed by atoms with Crippen LogP contribution < -0.4 is 5.32 Å². The molecule has 6 nitrogen and oxygen atoms in total. The number of likely N-dealkylation sites (N-methyl/N-ethyl adjacent to an activating group) is 1. The summed E-state index contributed by atoms with van der Waals surface area (Å²) in [5.41, 5.74) is 2.56. The van der Waals surface area contributed by atoms with E-state index in [1.165, 1.54) is 5.56 Å². The minimum absolute atomic E-state index is 0.0639. The summed E-state index contributed by atoms with van der Waals surface area (Å²) in [6.45, 7) is 2.54. The molecule has 0 radical (unpaired) electrons. The van der Waals surface area contributed by atoms with Gasteiger partial charge in [0.25, 0.3) is 5.91 Å². The number of pyridine rings is 2. The van der Waals surface area contributed by atoms with Gasteiger partial charge in [-0.05, 0) is 63.3 Å². The fourth-order valence-electron chi connectivity index (χ4n) is 2.43. The molecule has 6 heteroatoms. The largest absolute Gasteiger partial charge is 0.385 e. The summed E-state index contributed by atoms with van der Waals surface area (Å²) in [5.74, 6) is -0.0639. The smallest absolute Gasteiger partial charge is 0.272 e. The average Bonchev–Trinajstić information content (AvgIpc) is 2.63. The Hall–Kier alpha value is -2.47. The highest BCUT2D eigenvalue weighted by Gasteiger charge is 2.13. The molecule has 134 valence electrons. The predicted molar refractivity (Wildman–Crippen MR) is 101 cm³/mol. The average molecular weight is 341 g/mol. The first-order valence-electron chi connectivity index (χ1n) is 8.55. The van der Waals surface area contributed by atoms with Crippen molar-refractivity contribution in [3.63, 3.8) is 0 Å². The molecule has 0 spiro atoms. The zero-order valence-corrected chi connectivity index (χ0v) is 15.3. The summed E-state index contributed by atoms with van der Waals surface area (Å²) in [5, 5.41) is 3.35. The molecule has 0 saturated heterocycles. The first kappa shape index (κ1) is 18.9. The van der Waals surface area contributed by atoms with E-state index in [0.717, 1.165) is 31.6 Å². The number of aromatic nitrogens is 2. The Kier molecular flexibility index (Phi) is 7.35. The maximum atomic E-state index is 12.6. The summed E-state index contributed by atoms with van der Waals surface area (Å²) in [7, 11) is 5.93. The third-order valence-electron chi connectivity index (χ3n) is 3.92. The van der Waals surface area contributed by atoms with Crippen LogP contribution in [0.1, 0.15) is 22.5 Å². The van der Waals surface area contributed by atoms with Gasteiger partial charge in [-0.2, -0.15) is 0 Å². The Morgan fingerprint density at radius 2 is 1.84 bits per heavy atom. The standard InChI is InChI=1S/C19H27N5O/c1-23(2)13-4-9-21-17-7-12-22-18(15-17)19(25)24(3)14-8-16-5-10-20-11-6-16/h5-7,10-12,15H,4,8-9,13-14H2,1-3H3,(H,21,22). The van der Waals surface area contributed by atoms with Crippen LogP contribution in [0.2, 0.25) is 0 Å². The molecule has 1 amide bonds. The van der Waals surface area contributed by atoms with Gasteiger partial charge < -0.3 is 15.1 Å². The van der Waals surface area contributed by atoms with Crippen LogP contribution in [0.4, 0.5) is 5.69 Å². The van der Waals surface area contributed by atoms with Gasteiger partial charge in [0.2, 0.25) is 0 Å². The van der Waals surface area contributed by atoms with E-state index in [0.29, 0.717) is 12.2 Å². The van der Waals surface area contributed by atoms with Gasteiger partial charge in [-0.1, -0.05) is 0 Å². The molecule has 0 aromatic carbocycles. The van der Waals surface area contributed by atoms with Gasteiger partial charge in [0, 0.05) is 44.4 Å². The summed E-state index contributed by atoms with van der Waals surface area (Å²) in [6.07, 6.45) is 7.06. The molecule has 0 aliphatic heterocycles. The Balaban J connectivity index is 1.86. The predicted octanol–water partition coefficient (Wildman–Crippen LogP) is 2.15. The second-order valence-corrected chi connectivity index (χ2v) is 6.35. The van der Waals surface area contributed by atoms with E-state index in [1.807, 2.05) is 31.3 Å². The van der Waals surface area contributed by atoms with Crippen molar-refractivity contribution in [3.05, 3.63) is 54.1 Å². The van der Waals surface area contributed by atoms with Gasteiger partial charge in [-0.3, -0.25) is 14.8 Å². The van der Waals surface area contributed by atoms with Crippen LogP contribution in [0.15, 0.2) is 42.9 Å². The quantitative estimate of drug-likeness (QED) is 0.708. The molecule has 2 heterocycles. The van der Waals surface area contributed by atoms with Crippen LogP contribution in [0, 0.1) is 0 Å². The third-order valence-corrected chi connectivity index (χ3v) is 3.92. The number of carbonyl (C=O) groups is 1. The number of amides is 1. The van der Waals surface area contributed by atoms with E-state index < -0.39 is 0 Å². The number of nitrogens with zero attached hydrogens (tertiary/aromatic N) is 4. The number of rotatable bonds is 9. The normalized spacial score (nSPS) is 10.7. The SMILES string of the molecule is CN(C)CCCNc1ccnc(C(=O)N(C)CCc2ccncc2)c1. The Morgan fingerprint density at radius 1 is 1.08 bits per heavy atom. The molecule has 0 bridgehead atoms. The van der Waals surface area contributed by atoms with E-state index in [2.05, 4.69) is 34.3 Å². The molecule has 2 aromatic heterocycles. The summed E-state index contributed by atoms with van der Waals surface area (Å²) in [6, 6.07) is 7.65. The lowest BCUT2D eigenvalue weighted by Crippen LogP contribution is -2.29. The summed E-state index contributed by atoms with van der Waals surface area (Å²) < 4.78 is 0. The fourth-order valence-corrected chi connectivity index (χ4v) is 2.43. The van der Waals surface area contributed by atoms with E-state index in [1.54, 1.807) is 23.5 Å². The maximum Gasteiger partial charge on any atom is 0.272 e. The lowest BCUT2D eigenvalue weighted by molar-refractivity contribution is 0.0791. The van der Waals surface area contributed by atoms with Crippen molar-refractivity contribution in [1.82, 2.24) is 19.8 Å². The van der Waals surface area contributed by atoms with Crippen LogP contribution >= 0.6 is 0 Å². The van der Waals surface area contributed by atoms with Gasteiger partial charge >= 0.3 is 0 Å². The number of hydrogen-bond acceptors (Lipinski definition) is 5. The van der Waals surface area contributed by atoms with Gasteiger partial charge in [0.05, 0.1) is 0 Å². The molecule has 2 rings (SSSR count). The van der Waals surface area contributed by atoms with Crippen molar-refractivity contribution in [1.29, 1.82) is 0 Å². The molecule has 0 aliphatic rings. The molecule has 2 aromatic rings. The lowest BCUT2D eigenvalue weighted by atomic mass is 10.2. The van der Waals surface area contributed by atoms with E-state index >= 15 is 0 Å². The van der Waals surface area contributed by atoms with Gasteiger partial charge in [-0.15, -0.1) is 0 Å². The van der Waals surface area contributed by atoms with Crippen molar-refractivity contribution in [3.8, 4) is 0 Å². The highest BCUT2D eigenvalue weighted by molar-refractivity contribution is 5.92. The first-order valence-corrected chi connectivity index (χ1v) is 8.55. The third kappa shape index (κ3) is 6.51. The fraction of sp³-hybridized carbons (Fsp3) is 0.421. The topological polar surface area (TPSA) is 61.4 Å². The highest BCUT2D eigenvalue weighted by atomic mass is 16.2. The number of anilines is 1. The molecule has 1 N–H and O–H groups in total. The van der Waals surface area contributed by atoms with E-state index in [-0.39, 0.29) is 5.91 Å². The van der Waals surface area contributed by atoms with Crippen molar-refractivity contribution < 1.29 is 4.79 Å². The van der Waals surface area contributed by atoms with Crippen molar-refractivity contribution in [2.45, 2.75) is 12.8 Å². The zero-order chi connectivity index (χ0) is 18.1. The second kappa shape index (κ2) is 9.74. The van der Waals surface area contributed by atoms with Gasteiger partial charge in [0.15, 0.2) is 0 Å². The van der Waals surface area contributed by atoms with Gasteiger partial charge in [-0.25, -0.2) is 0 Å². The molecular weight excluding hydrogens is 314 g/mol. The van der Waals surface area contributed by atoms with Crippen LogP contribution in [0.25, 0.3) is 0 Å². The maximum absolute atomic E-state index is 12.6. The summed E-state index contributed by atoms with van der Waals surface area (Å²) in [4.78, 5) is 24.6. The Labute approximate surface area is 149 Å². The first-order chi connectivity index (χ1) is 12.1. The molecule has 0 atom stereocenters. The second-order valence-electron chi connectivity index (χ2n) is 6.35. The molecule has 0 aliphatic carbocycles. The molecule has 0 unspecified atom stereocenters. The van der Waals surface area contributed by atoms with E-state index in [4.69, 9.17) is 0 Å². The highest BCUT2D eigenvalue weighted by Crippen LogP contribution is 2.10. The molecule has 0 saturated carbocycles. The van der Waals surface area contributed by atoms with Crippen molar-refractivity contribution in [2.24, 2.45) is 0 Å². The molecule has 0 fully saturated rings. The number of carbonyl (C=O) groups excluding carboxylic acids is 1. The van der Waals surface area contributed by atoms with E-state index in [9.17, 15) is 4.79 Å².